The molecule has 106 valence electrons. The molecular formula is C14H23N3O2. The lowest BCUT2D eigenvalue weighted by atomic mass is 9.88. The highest BCUT2D eigenvalue weighted by Gasteiger charge is 2.32. The van der Waals surface area contributed by atoms with Gasteiger partial charge in [-0.05, 0) is 31.6 Å². The summed E-state index contributed by atoms with van der Waals surface area (Å²) in [5, 5.41) is 4.39. The zero-order chi connectivity index (χ0) is 14.2. The second-order valence-electron chi connectivity index (χ2n) is 6.35. The third-order valence-electron chi connectivity index (χ3n) is 3.12. The fraction of sp³-hybridized carbons (Fsp3) is 0.714. The third kappa shape index (κ3) is 3.08. The molecule has 1 saturated carbocycles. The molecule has 2 rings (SSSR count). The quantitative estimate of drug-likeness (QED) is 0.849. The first-order chi connectivity index (χ1) is 8.83. The number of carbonyl (C=O) groups excluding carboxylic acids is 1. The van der Waals surface area contributed by atoms with Crippen LogP contribution >= 0.6 is 0 Å². The number of nitrogens with zero attached hydrogens (tertiary/aromatic N) is 2. The van der Waals surface area contributed by atoms with Gasteiger partial charge in [0.2, 0.25) is 0 Å². The van der Waals surface area contributed by atoms with E-state index in [0.29, 0.717) is 24.2 Å². The van der Waals surface area contributed by atoms with Crippen LogP contribution in [0.2, 0.25) is 0 Å². The number of carbonyl (C=O) groups is 1. The van der Waals surface area contributed by atoms with Gasteiger partial charge in [-0.25, -0.2) is 9.48 Å². The van der Waals surface area contributed by atoms with E-state index in [1.165, 1.54) is 0 Å². The minimum Gasteiger partial charge on any atom is -0.461 e. The number of ether oxygens (including phenoxy) is 1. The molecule has 0 saturated heterocycles. The molecular weight excluding hydrogens is 242 g/mol. The van der Waals surface area contributed by atoms with Crippen molar-refractivity contribution in [2.24, 2.45) is 5.41 Å². The lowest BCUT2D eigenvalue weighted by Crippen LogP contribution is -2.15. The van der Waals surface area contributed by atoms with Gasteiger partial charge in [0, 0.05) is 5.56 Å². The van der Waals surface area contributed by atoms with E-state index in [1.807, 2.05) is 0 Å². The van der Waals surface area contributed by atoms with E-state index in [4.69, 9.17) is 10.5 Å². The van der Waals surface area contributed by atoms with Crippen LogP contribution in [0.1, 0.15) is 62.6 Å². The molecule has 1 aromatic rings. The van der Waals surface area contributed by atoms with Crippen molar-refractivity contribution < 1.29 is 9.53 Å². The van der Waals surface area contributed by atoms with E-state index in [-0.39, 0.29) is 11.4 Å². The summed E-state index contributed by atoms with van der Waals surface area (Å²) < 4.78 is 6.88. The van der Waals surface area contributed by atoms with Crippen LogP contribution in [0.15, 0.2) is 0 Å². The number of nitrogens with two attached hydrogens (primary N) is 1. The molecule has 1 aliphatic carbocycles. The molecule has 0 unspecified atom stereocenters. The Morgan fingerprint density at radius 2 is 2.11 bits per heavy atom. The van der Waals surface area contributed by atoms with Crippen molar-refractivity contribution in [1.82, 2.24) is 9.78 Å². The highest BCUT2D eigenvalue weighted by atomic mass is 16.5. The van der Waals surface area contributed by atoms with Crippen LogP contribution in [0, 0.1) is 5.41 Å². The third-order valence-corrected chi connectivity index (χ3v) is 3.12. The zero-order valence-electron chi connectivity index (χ0n) is 12.2. The highest BCUT2D eigenvalue weighted by molar-refractivity contribution is 5.90. The zero-order valence-corrected chi connectivity index (χ0v) is 12.2. The van der Waals surface area contributed by atoms with Gasteiger partial charge in [-0.3, -0.25) is 0 Å². The van der Waals surface area contributed by atoms with Crippen molar-refractivity contribution in [3.8, 4) is 0 Å². The fourth-order valence-corrected chi connectivity index (χ4v) is 2.15. The molecule has 1 fully saturated rings. The average molecular weight is 265 g/mol. The van der Waals surface area contributed by atoms with Crippen LogP contribution < -0.4 is 5.73 Å². The minimum absolute atomic E-state index is 0.0484. The molecule has 1 aromatic heterocycles. The van der Waals surface area contributed by atoms with Crippen molar-refractivity contribution in [3.63, 3.8) is 0 Å². The second kappa shape index (κ2) is 4.87. The summed E-state index contributed by atoms with van der Waals surface area (Å²) in [5.41, 5.74) is 7.45. The van der Waals surface area contributed by atoms with Gasteiger partial charge in [0.25, 0.3) is 0 Å². The maximum absolute atomic E-state index is 12.0. The molecule has 0 aromatic carbocycles. The SMILES string of the molecule is CCOC(=O)c1nn(C2CC2)c(N)c1CC(C)(C)C. The first-order valence-electron chi connectivity index (χ1n) is 6.87. The molecule has 5 nitrogen and oxygen atoms in total. The Bertz CT molecular complexity index is 482. The normalized spacial score (nSPS) is 15.6. The summed E-state index contributed by atoms with van der Waals surface area (Å²) in [5.74, 6) is 0.258. The summed E-state index contributed by atoms with van der Waals surface area (Å²) in [4.78, 5) is 12.0. The largest absolute Gasteiger partial charge is 0.461 e. The summed E-state index contributed by atoms with van der Waals surface area (Å²) in [6.07, 6.45) is 2.89. The average Bonchev–Trinajstić information content (AvgIpc) is 3.06. The van der Waals surface area contributed by atoms with Crippen molar-refractivity contribution >= 4 is 11.8 Å². The first-order valence-corrected chi connectivity index (χ1v) is 6.87. The first kappa shape index (κ1) is 13.9. The molecule has 0 radical (unpaired) electrons. The number of aromatic nitrogens is 2. The topological polar surface area (TPSA) is 70.1 Å². The Labute approximate surface area is 114 Å². The van der Waals surface area contributed by atoms with Crippen molar-refractivity contribution in [2.75, 3.05) is 12.3 Å². The van der Waals surface area contributed by atoms with Gasteiger partial charge in [-0.1, -0.05) is 20.8 Å². The maximum Gasteiger partial charge on any atom is 0.359 e. The molecule has 0 spiro atoms. The van der Waals surface area contributed by atoms with Gasteiger partial charge in [0.15, 0.2) is 5.69 Å². The number of rotatable bonds is 4. The van der Waals surface area contributed by atoms with Crippen LogP contribution in [0.4, 0.5) is 5.82 Å². The predicted molar refractivity (Wildman–Crippen MR) is 74.0 cm³/mol. The molecule has 0 atom stereocenters. The Balaban J connectivity index is 2.38. The number of hydrogen-bond donors (Lipinski definition) is 1. The molecule has 0 bridgehead atoms. The molecule has 5 heteroatoms. The minimum atomic E-state index is -0.368. The molecule has 2 N–H and O–H groups in total. The molecule has 1 aliphatic rings. The lowest BCUT2D eigenvalue weighted by molar-refractivity contribution is 0.0516. The second-order valence-corrected chi connectivity index (χ2v) is 6.35. The number of esters is 1. The summed E-state index contributed by atoms with van der Waals surface area (Å²) in [6.45, 7) is 8.51. The molecule has 0 aliphatic heterocycles. The number of nitrogen functional groups attached to an aromatic ring is 1. The van der Waals surface area contributed by atoms with Crippen molar-refractivity contribution in [1.29, 1.82) is 0 Å². The predicted octanol–water partition coefficient (Wildman–Crippen LogP) is 2.57. The Morgan fingerprint density at radius 3 is 2.58 bits per heavy atom. The van der Waals surface area contributed by atoms with Crippen LogP contribution in [0.25, 0.3) is 0 Å². The molecule has 1 heterocycles. The monoisotopic (exact) mass is 265 g/mol. The van der Waals surface area contributed by atoms with Crippen LogP contribution in [0.3, 0.4) is 0 Å². The summed E-state index contributed by atoms with van der Waals surface area (Å²) in [6, 6.07) is 0.363. The van der Waals surface area contributed by atoms with E-state index >= 15 is 0 Å². The number of hydrogen-bond acceptors (Lipinski definition) is 4. The number of anilines is 1. The Morgan fingerprint density at radius 1 is 1.47 bits per heavy atom. The van der Waals surface area contributed by atoms with Crippen LogP contribution in [-0.4, -0.2) is 22.4 Å². The fourth-order valence-electron chi connectivity index (χ4n) is 2.15. The van der Waals surface area contributed by atoms with E-state index in [1.54, 1.807) is 11.6 Å². The van der Waals surface area contributed by atoms with E-state index in [2.05, 4.69) is 25.9 Å². The Hall–Kier alpha value is -1.52. The van der Waals surface area contributed by atoms with E-state index < -0.39 is 0 Å². The van der Waals surface area contributed by atoms with E-state index in [9.17, 15) is 4.79 Å². The van der Waals surface area contributed by atoms with Gasteiger partial charge in [0.05, 0.1) is 12.6 Å². The van der Waals surface area contributed by atoms with Crippen molar-refractivity contribution in [2.45, 2.75) is 53.0 Å². The van der Waals surface area contributed by atoms with Gasteiger partial charge < -0.3 is 10.5 Å². The van der Waals surface area contributed by atoms with Crippen LogP contribution in [0.5, 0.6) is 0 Å². The van der Waals surface area contributed by atoms with Crippen molar-refractivity contribution in [3.05, 3.63) is 11.3 Å². The summed E-state index contributed by atoms with van der Waals surface area (Å²) >= 11 is 0. The van der Waals surface area contributed by atoms with E-state index in [0.717, 1.165) is 24.8 Å². The van der Waals surface area contributed by atoms with Gasteiger partial charge >= 0.3 is 5.97 Å². The Kier molecular flexibility index (Phi) is 3.56. The van der Waals surface area contributed by atoms with Gasteiger partial charge in [-0.15, -0.1) is 0 Å². The molecule has 19 heavy (non-hydrogen) atoms. The van der Waals surface area contributed by atoms with Gasteiger partial charge in [-0.2, -0.15) is 5.10 Å². The lowest BCUT2D eigenvalue weighted by Gasteiger charge is -2.18. The maximum atomic E-state index is 12.0. The van der Waals surface area contributed by atoms with Crippen LogP contribution in [-0.2, 0) is 11.2 Å². The molecule has 0 amide bonds. The van der Waals surface area contributed by atoms with Gasteiger partial charge in [0.1, 0.15) is 5.82 Å². The standard InChI is InChI=1S/C14H23N3O2/c1-5-19-13(18)11-10(8-14(2,3)4)12(15)17(16-11)9-6-7-9/h9H,5-8,15H2,1-4H3. The summed E-state index contributed by atoms with van der Waals surface area (Å²) in [7, 11) is 0. The smallest absolute Gasteiger partial charge is 0.359 e. The highest BCUT2D eigenvalue weighted by Crippen LogP contribution is 2.39.